The predicted molar refractivity (Wildman–Crippen MR) is 87.6 cm³/mol. The SMILES string of the molecule is CCCNC(c1ccc(C)c(C)c1OC)C(C)(C)CC. The summed E-state index contributed by atoms with van der Waals surface area (Å²) in [7, 11) is 1.78. The molecule has 1 N–H and O–H groups in total. The first kappa shape index (κ1) is 17.0. The number of nitrogens with one attached hydrogen (secondary N) is 1. The van der Waals surface area contributed by atoms with Crippen molar-refractivity contribution in [1.82, 2.24) is 5.32 Å². The summed E-state index contributed by atoms with van der Waals surface area (Å²) >= 11 is 0. The van der Waals surface area contributed by atoms with E-state index in [1.54, 1.807) is 7.11 Å². The molecule has 0 bridgehead atoms. The third kappa shape index (κ3) is 3.54. The smallest absolute Gasteiger partial charge is 0.126 e. The third-order valence-corrected chi connectivity index (χ3v) is 4.51. The van der Waals surface area contributed by atoms with Crippen molar-refractivity contribution in [2.75, 3.05) is 13.7 Å². The molecule has 1 atom stereocenters. The molecule has 1 aromatic carbocycles. The Bertz CT molecular complexity index is 437. The predicted octanol–water partition coefficient (Wildman–Crippen LogP) is 4.79. The van der Waals surface area contributed by atoms with Crippen LogP contribution in [0.15, 0.2) is 12.1 Å². The number of rotatable bonds is 7. The average molecular weight is 277 g/mol. The fourth-order valence-electron chi connectivity index (χ4n) is 2.61. The highest BCUT2D eigenvalue weighted by Gasteiger charge is 2.31. The first-order chi connectivity index (χ1) is 9.38. The van der Waals surface area contributed by atoms with Gasteiger partial charge in [-0.3, -0.25) is 0 Å². The van der Waals surface area contributed by atoms with Crippen molar-refractivity contribution in [2.24, 2.45) is 5.41 Å². The summed E-state index contributed by atoms with van der Waals surface area (Å²) in [4.78, 5) is 0. The summed E-state index contributed by atoms with van der Waals surface area (Å²) in [5.74, 6) is 1.04. The minimum atomic E-state index is 0.199. The van der Waals surface area contributed by atoms with Crippen molar-refractivity contribution < 1.29 is 4.74 Å². The molecule has 0 aromatic heterocycles. The van der Waals surface area contributed by atoms with E-state index in [-0.39, 0.29) is 5.41 Å². The van der Waals surface area contributed by atoms with Gasteiger partial charge >= 0.3 is 0 Å². The summed E-state index contributed by atoms with van der Waals surface area (Å²) in [6, 6.07) is 4.76. The molecule has 0 spiro atoms. The Morgan fingerprint density at radius 1 is 1.20 bits per heavy atom. The van der Waals surface area contributed by atoms with Gasteiger partial charge in [-0.2, -0.15) is 0 Å². The van der Waals surface area contributed by atoms with Gasteiger partial charge in [0, 0.05) is 11.6 Å². The number of aryl methyl sites for hydroxylation is 1. The van der Waals surface area contributed by atoms with Gasteiger partial charge in [0.2, 0.25) is 0 Å². The summed E-state index contributed by atoms with van der Waals surface area (Å²) in [5, 5.41) is 3.72. The van der Waals surface area contributed by atoms with Crippen LogP contribution in [-0.2, 0) is 0 Å². The van der Waals surface area contributed by atoms with Crippen LogP contribution in [0.4, 0.5) is 0 Å². The molecule has 1 aromatic rings. The van der Waals surface area contributed by atoms with E-state index in [0.29, 0.717) is 6.04 Å². The first-order valence-corrected chi connectivity index (χ1v) is 7.76. The lowest BCUT2D eigenvalue weighted by molar-refractivity contribution is 0.229. The molecular weight excluding hydrogens is 246 g/mol. The van der Waals surface area contributed by atoms with E-state index >= 15 is 0 Å². The Hall–Kier alpha value is -1.02. The Morgan fingerprint density at radius 2 is 1.85 bits per heavy atom. The molecule has 1 unspecified atom stereocenters. The van der Waals surface area contributed by atoms with Gasteiger partial charge in [0.1, 0.15) is 5.75 Å². The van der Waals surface area contributed by atoms with Crippen LogP contribution < -0.4 is 10.1 Å². The van der Waals surface area contributed by atoms with Gasteiger partial charge in [0.05, 0.1) is 7.11 Å². The normalized spacial score (nSPS) is 13.3. The van der Waals surface area contributed by atoms with Crippen LogP contribution in [0.3, 0.4) is 0 Å². The van der Waals surface area contributed by atoms with Gasteiger partial charge in [0.25, 0.3) is 0 Å². The van der Waals surface area contributed by atoms with E-state index in [1.165, 1.54) is 16.7 Å². The highest BCUT2D eigenvalue weighted by molar-refractivity contribution is 5.47. The van der Waals surface area contributed by atoms with Crippen molar-refractivity contribution in [2.45, 2.75) is 60.4 Å². The summed E-state index contributed by atoms with van der Waals surface area (Å²) in [6.07, 6.45) is 2.27. The Labute approximate surface area is 124 Å². The van der Waals surface area contributed by atoms with Gasteiger partial charge in [-0.25, -0.2) is 0 Å². The van der Waals surface area contributed by atoms with E-state index in [1.807, 2.05) is 0 Å². The van der Waals surface area contributed by atoms with Gasteiger partial charge in [0.15, 0.2) is 0 Å². The van der Waals surface area contributed by atoms with Crippen LogP contribution >= 0.6 is 0 Å². The molecule has 0 amide bonds. The molecule has 2 heteroatoms. The Balaban J connectivity index is 3.30. The summed E-state index contributed by atoms with van der Waals surface area (Å²) in [6.45, 7) is 14.4. The standard InChI is InChI=1S/C18H31NO/c1-8-12-19-17(18(5,6)9-2)15-11-10-13(3)14(4)16(15)20-7/h10-11,17,19H,8-9,12H2,1-7H3. The molecule has 1 rings (SSSR count). The molecule has 20 heavy (non-hydrogen) atoms. The van der Waals surface area contributed by atoms with E-state index in [0.717, 1.165) is 25.1 Å². The highest BCUT2D eigenvalue weighted by atomic mass is 16.5. The topological polar surface area (TPSA) is 21.3 Å². The van der Waals surface area contributed by atoms with Crippen molar-refractivity contribution in [3.05, 3.63) is 28.8 Å². The average Bonchev–Trinajstić information content (AvgIpc) is 2.43. The molecular formula is C18H31NO. The van der Waals surface area contributed by atoms with Crippen molar-refractivity contribution >= 4 is 0 Å². The van der Waals surface area contributed by atoms with Crippen molar-refractivity contribution in [1.29, 1.82) is 0 Å². The largest absolute Gasteiger partial charge is 0.496 e. The highest BCUT2D eigenvalue weighted by Crippen LogP contribution is 2.41. The number of benzene rings is 1. The van der Waals surface area contributed by atoms with Crippen LogP contribution in [0, 0.1) is 19.3 Å². The maximum atomic E-state index is 5.72. The lowest BCUT2D eigenvalue weighted by Gasteiger charge is -2.36. The monoisotopic (exact) mass is 277 g/mol. The fraction of sp³-hybridized carbons (Fsp3) is 0.667. The number of hydrogen-bond acceptors (Lipinski definition) is 2. The van der Waals surface area contributed by atoms with Gasteiger partial charge < -0.3 is 10.1 Å². The van der Waals surface area contributed by atoms with Gasteiger partial charge in [-0.15, -0.1) is 0 Å². The molecule has 0 saturated carbocycles. The molecule has 0 aliphatic heterocycles. The lowest BCUT2D eigenvalue weighted by Crippen LogP contribution is -2.34. The lowest BCUT2D eigenvalue weighted by atomic mass is 9.77. The van der Waals surface area contributed by atoms with Crippen molar-refractivity contribution in [3.8, 4) is 5.75 Å². The van der Waals surface area contributed by atoms with Gasteiger partial charge in [-0.05, 0) is 49.8 Å². The molecule has 0 fully saturated rings. The minimum Gasteiger partial charge on any atom is -0.496 e. The van der Waals surface area contributed by atoms with E-state index in [2.05, 4.69) is 59.0 Å². The number of methoxy groups -OCH3 is 1. The Morgan fingerprint density at radius 3 is 2.35 bits per heavy atom. The maximum Gasteiger partial charge on any atom is 0.126 e. The van der Waals surface area contributed by atoms with E-state index in [4.69, 9.17) is 4.74 Å². The van der Waals surface area contributed by atoms with Crippen molar-refractivity contribution in [3.63, 3.8) is 0 Å². The van der Waals surface area contributed by atoms with E-state index in [9.17, 15) is 0 Å². The molecule has 114 valence electrons. The summed E-state index contributed by atoms with van der Waals surface area (Å²) < 4.78 is 5.72. The summed E-state index contributed by atoms with van der Waals surface area (Å²) in [5.41, 5.74) is 4.02. The molecule has 2 nitrogen and oxygen atoms in total. The van der Waals surface area contributed by atoms with Crippen LogP contribution in [0.25, 0.3) is 0 Å². The zero-order valence-corrected chi connectivity index (χ0v) is 14.3. The second kappa shape index (κ2) is 7.12. The molecule has 0 aliphatic carbocycles. The molecule has 0 radical (unpaired) electrons. The molecule has 0 aliphatic rings. The fourth-order valence-corrected chi connectivity index (χ4v) is 2.61. The quantitative estimate of drug-likeness (QED) is 0.773. The minimum absolute atomic E-state index is 0.199. The van der Waals surface area contributed by atoms with Crippen LogP contribution in [0.2, 0.25) is 0 Å². The zero-order chi connectivity index (χ0) is 15.3. The van der Waals surface area contributed by atoms with Crippen LogP contribution in [-0.4, -0.2) is 13.7 Å². The molecule has 0 heterocycles. The number of ether oxygens (including phenoxy) is 1. The first-order valence-electron chi connectivity index (χ1n) is 7.76. The number of hydrogen-bond donors (Lipinski definition) is 1. The van der Waals surface area contributed by atoms with E-state index < -0.39 is 0 Å². The Kier molecular flexibility index (Phi) is 6.07. The second-order valence-corrected chi connectivity index (χ2v) is 6.36. The molecule has 0 saturated heterocycles. The second-order valence-electron chi connectivity index (χ2n) is 6.36. The van der Waals surface area contributed by atoms with Crippen LogP contribution in [0.1, 0.15) is 63.3 Å². The van der Waals surface area contributed by atoms with Crippen LogP contribution in [0.5, 0.6) is 5.75 Å². The third-order valence-electron chi connectivity index (χ3n) is 4.51. The van der Waals surface area contributed by atoms with Gasteiger partial charge in [-0.1, -0.05) is 39.8 Å². The zero-order valence-electron chi connectivity index (χ0n) is 14.3. The maximum absolute atomic E-state index is 5.72.